The summed E-state index contributed by atoms with van der Waals surface area (Å²) in [5, 5.41) is 0. The maximum absolute atomic E-state index is 5.53. The number of hydrogen-bond acceptors (Lipinski definition) is 1. The van der Waals surface area contributed by atoms with Crippen molar-refractivity contribution >= 4 is 0 Å². The molecular formula is C5H11NTi. The van der Waals surface area contributed by atoms with Crippen molar-refractivity contribution in [1.82, 2.24) is 0 Å². The van der Waals surface area contributed by atoms with Crippen LogP contribution >= 0.6 is 0 Å². The van der Waals surface area contributed by atoms with Gasteiger partial charge in [-0.2, -0.15) is 0 Å². The number of hydrogen-bond donors (Lipinski definition) is 1. The molecule has 0 aromatic heterocycles. The van der Waals surface area contributed by atoms with Crippen LogP contribution in [0.5, 0.6) is 0 Å². The average molecular weight is 133 g/mol. The minimum Gasteiger partial charge on any atom is -0.328 e. The molecule has 40 valence electrons. The van der Waals surface area contributed by atoms with Crippen molar-refractivity contribution in [2.24, 2.45) is 5.73 Å². The van der Waals surface area contributed by atoms with Crippen LogP contribution in [0.15, 0.2) is 0 Å². The van der Waals surface area contributed by atoms with Crippen molar-refractivity contribution in [2.45, 2.75) is 31.7 Å². The molecule has 2 N–H and O–H groups in total. The van der Waals surface area contributed by atoms with Crippen LogP contribution in [0.3, 0.4) is 0 Å². The first-order valence-electron chi connectivity index (χ1n) is 2.65. The van der Waals surface area contributed by atoms with Crippen LogP contribution in [0.2, 0.25) is 0 Å². The van der Waals surface area contributed by atoms with E-state index < -0.39 is 0 Å². The molecule has 0 bridgehead atoms. The Hall–Kier alpha value is 0.674. The monoisotopic (exact) mass is 133 g/mol. The maximum atomic E-state index is 5.53. The van der Waals surface area contributed by atoms with E-state index in [1.54, 1.807) is 0 Å². The first-order chi connectivity index (χ1) is 2.89. The van der Waals surface area contributed by atoms with E-state index in [0.29, 0.717) is 6.04 Å². The fourth-order valence-electron chi connectivity index (χ4n) is 0.957. The summed E-state index contributed by atoms with van der Waals surface area (Å²) in [6.07, 6.45) is 5.25. The Kier molecular flexibility index (Phi) is 4.00. The molecule has 0 unspecified atom stereocenters. The Morgan fingerprint density at radius 1 is 1.14 bits per heavy atom. The van der Waals surface area contributed by atoms with Crippen LogP contribution in [-0.2, 0) is 21.7 Å². The second-order valence-electron chi connectivity index (χ2n) is 2.04. The second-order valence-corrected chi connectivity index (χ2v) is 2.04. The quantitative estimate of drug-likeness (QED) is 0.488. The van der Waals surface area contributed by atoms with Gasteiger partial charge >= 0.3 is 0 Å². The fourth-order valence-corrected chi connectivity index (χ4v) is 0.957. The molecular weight excluding hydrogens is 122 g/mol. The van der Waals surface area contributed by atoms with Crippen molar-refractivity contribution in [3.05, 3.63) is 0 Å². The Bertz CT molecular complexity index is 41.3. The fraction of sp³-hybridized carbons (Fsp3) is 1.00. The molecule has 1 aliphatic carbocycles. The molecule has 0 heterocycles. The normalized spacial score (nSPS) is 21.9. The number of rotatable bonds is 0. The topological polar surface area (TPSA) is 26.0 Å². The van der Waals surface area contributed by atoms with E-state index in [4.69, 9.17) is 5.73 Å². The zero-order valence-electron chi connectivity index (χ0n) is 4.48. The summed E-state index contributed by atoms with van der Waals surface area (Å²) in [6.45, 7) is 0. The summed E-state index contributed by atoms with van der Waals surface area (Å²) in [4.78, 5) is 0. The third-order valence-electron chi connectivity index (χ3n) is 1.40. The predicted octanol–water partition coefficient (Wildman–Crippen LogP) is 0.885. The molecule has 2 heteroatoms. The summed E-state index contributed by atoms with van der Waals surface area (Å²) >= 11 is 0. The Morgan fingerprint density at radius 2 is 1.57 bits per heavy atom. The molecule has 0 atom stereocenters. The molecule has 0 amide bonds. The smallest absolute Gasteiger partial charge is 0.00388 e. The molecule has 0 aliphatic heterocycles. The zero-order chi connectivity index (χ0) is 4.41. The predicted molar refractivity (Wildman–Crippen MR) is 26.4 cm³/mol. The Labute approximate surface area is 59.5 Å². The van der Waals surface area contributed by atoms with E-state index in [1.807, 2.05) is 0 Å². The molecule has 0 saturated heterocycles. The third-order valence-corrected chi connectivity index (χ3v) is 1.40. The van der Waals surface area contributed by atoms with E-state index in [2.05, 4.69) is 0 Å². The van der Waals surface area contributed by atoms with Gasteiger partial charge in [0.1, 0.15) is 0 Å². The second kappa shape index (κ2) is 3.65. The van der Waals surface area contributed by atoms with Crippen LogP contribution in [0.4, 0.5) is 0 Å². The van der Waals surface area contributed by atoms with E-state index >= 15 is 0 Å². The van der Waals surface area contributed by atoms with Crippen LogP contribution in [0.25, 0.3) is 0 Å². The van der Waals surface area contributed by atoms with E-state index in [0.717, 1.165) is 0 Å². The SMILES string of the molecule is NC1CCCC1.[Ti]. The molecule has 0 aromatic rings. The summed E-state index contributed by atoms with van der Waals surface area (Å²) in [5.41, 5.74) is 5.53. The van der Waals surface area contributed by atoms with Gasteiger partial charge in [-0.05, 0) is 12.8 Å². The van der Waals surface area contributed by atoms with Gasteiger partial charge in [-0.25, -0.2) is 0 Å². The van der Waals surface area contributed by atoms with Crippen molar-refractivity contribution in [2.75, 3.05) is 0 Å². The molecule has 0 spiro atoms. The minimum atomic E-state index is 0. The van der Waals surface area contributed by atoms with Crippen LogP contribution in [0.1, 0.15) is 25.7 Å². The molecule has 0 aromatic carbocycles. The molecule has 1 fully saturated rings. The van der Waals surface area contributed by atoms with Crippen LogP contribution in [-0.4, -0.2) is 6.04 Å². The van der Waals surface area contributed by atoms with Gasteiger partial charge < -0.3 is 5.73 Å². The van der Waals surface area contributed by atoms with Gasteiger partial charge in [-0.1, -0.05) is 12.8 Å². The summed E-state index contributed by atoms with van der Waals surface area (Å²) in [5.74, 6) is 0. The first-order valence-corrected chi connectivity index (χ1v) is 2.65. The van der Waals surface area contributed by atoms with Crippen molar-refractivity contribution in [3.63, 3.8) is 0 Å². The van der Waals surface area contributed by atoms with Gasteiger partial charge in [0.25, 0.3) is 0 Å². The Morgan fingerprint density at radius 3 is 1.71 bits per heavy atom. The summed E-state index contributed by atoms with van der Waals surface area (Å²) in [7, 11) is 0. The third kappa shape index (κ3) is 2.48. The van der Waals surface area contributed by atoms with Crippen molar-refractivity contribution in [3.8, 4) is 0 Å². The van der Waals surface area contributed by atoms with Crippen LogP contribution in [0, 0.1) is 0 Å². The average Bonchev–Trinajstić information content (AvgIpc) is 1.86. The zero-order valence-corrected chi connectivity index (χ0v) is 6.04. The van der Waals surface area contributed by atoms with Gasteiger partial charge in [0.2, 0.25) is 0 Å². The van der Waals surface area contributed by atoms with E-state index in [9.17, 15) is 0 Å². The molecule has 1 saturated carbocycles. The number of nitrogens with two attached hydrogens (primary N) is 1. The van der Waals surface area contributed by atoms with Crippen molar-refractivity contribution in [1.29, 1.82) is 0 Å². The first kappa shape index (κ1) is 7.67. The molecule has 1 rings (SSSR count). The standard InChI is InChI=1S/C5H11N.Ti/c6-5-3-1-2-4-5;/h5H,1-4,6H2;. The Balaban J connectivity index is 0.000000360. The summed E-state index contributed by atoms with van der Waals surface area (Å²) < 4.78 is 0. The van der Waals surface area contributed by atoms with Crippen LogP contribution < -0.4 is 5.73 Å². The molecule has 1 aliphatic rings. The molecule has 0 radical (unpaired) electrons. The van der Waals surface area contributed by atoms with Gasteiger partial charge in [0.05, 0.1) is 0 Å². The van der Waals surface area contributed by atoms with Gasteiger partial charge in [-0.3, -0.25) is 0 Å². The van der Waals surface area contributed by atoms with E-state index in [-0.39, 0.29) is 21.7 Å². The maximum Gasteiger partial charge on any atom is 0.00388 e. The van der Waals surface area contributed by atoms with Crippen molar-refractivity contribution < 1.29 is 21.7 Å². The largest absolute Gasteiger partial charge is 0.328 e. The van der Waals surface area contributed by atoms with Gasteiger partial charge in [0.15, 0.2) is 0 Å². The molecule has 1 nitrogen and oxygen atoms in total. The van der Waals surface area contributed by atoms with Gasteiger partial charge in [0, 0.05) is 27.8 Å². The minimum absolute atomic E-state index is 0. The summed E-state index contributed by atoms with van der Waals surface area (Å²) in [6, 6.07) is 0.546. The molecule has 7 heavy (non-hydrogen) atoms. The van der Waals surface area contributed by atoms with E-state index in [1.165, 1.54) is 25.7 Å². The van der Waals surface area contributed by atoms with Gasteiger partial charge in [-0.15, -0.1) is 0 Å².